The summed E-state index contributed by atoms with van der Waals surface area (Å²) in [6.07, 6.45) is 3.99. The third kappa shape index (κ3) is 3.22. The second-order valence-corrected chi connectivity index (χ2v) is 7.05. The van der Waals surface area contributed by atoms with E-state index in [0.717, 1.165) is 36.6 Å². The summed E-state index contributed by atoms with van der Waals surface area (Å²) in [5.74, 6) is 1.48. The van der Waals surface area contributed by atoms with E-state index in [1.165, 1.54) is 6.07 Å². The molecule has 0 spiro atoms. The SMILES string of the molecule is CC(C)(C)c1cnc(CN2CCCC2c2cccc(F)c2)o1. The lowest BCUT2D eigenvalue weighted by Crippen LogP contribution is -2.23. The Morgan fingerprint density at radius 2 is 2.18 bits per heavy atom. The van der Waals surface area contributed by atoms with E-state index in [1.807, 2.05) is 12.3 Å². The number of benzene rings is 1. The highest BCUT2D eigenvalue weighted by atomic mass is 19.1. The fraction of sp³-hybridized carbons (Fsp3) is 0.500. The first-order valence-corrected chi connectivity index (χ1v) is 7.88. The molecular formula is C18H23FN2O. The summed E-state index contributed by atoms with van der Waals surface area (Å²) in [5.41, 5.74) is 1.01. The maximum Gasteiger partial charge on any atom is 0.208 e. The van der Waals surface area contributed by atoms with Gasteiger partial charge in [-0.05, 0) is 37.1 Å². The molecule has 0 N–H and O–H groups in total. The maximum atomic E-state index is 13.5. The molecule has 1 aliphatic heterocycles. The molecule has 1 saturated heterocycles. The second-order valence-electron chi connectivity index (χ2n) is 7.05. The van der Waals surface area contributed by atoms with Crippen LogP contribution in [0, 0.1) is 5.82 Å². The van der Waals surface area contributed by atoms with Crippen LogP contribution in [0.5, 0.6) is 0 Å². The third-order valence-corrected chi connectivity index (χ3v) is 4.23. The van der Waals surface area contributed by atoms with E-state index in [0.29, 0.717) is 6.54 Å². The Morgan fingerprint density at radius 3 is 2.86 bits per heavy atom. The van der Waals surface area contributed by atoms with Crippen molar-refractivity contribution >= 4 is 0 Å². The lowest BCUT2D eigenvalue weighted by Gasteiger charge is -2.23. The van der Waals surface area contributed by atoms with Crippen molar-refractivity contribution in [2.24, 2.45) is 0 Å². The van der Waals surface area contributed by atoms with Crippen LogP contribution in [0.1, 0.15) is 56.9 Å². The highest BCUT2D eigenvalue weighted by Gasteiger charge is 2.28. The molecular weight excluding hydrogens is 279 g/mol. The lowest BCUT2D eigenvalue weighted by molar-refractivity contribution is 0.217. The molecule has 1 fully saturated rings. The average Bonchev–Trinajstić information content (AvgIpc) is 3.08. The monoisotopic (exact) mass is 302 g/mol. The normalized spacial score (nSPS) is 19.7. The van der Waals surface area contributed by atoms with Crippen molar-refractivity contribution in [3.05, 3.63) is 53.5 Å². The van der Waals surface area contributed by atoms with Crippen molar-refractivity contribution in [1.29, 1.82) is 0 Å². The van der Waals surface area contributed by atoms with Gasteiger partial charge in [0.25, 0.3) is 0 Å². The van der Waals surface area contributed by atoms with Crippen molar-refractivity contribution < 1.29 is 8.81 Å². The van der Waals surface area contributed by atoms with Gasteiger partial charge in [0.05, 0.1) is 12.7 Å². The van der Waals surface area contributed by atoms with Crippen molar-refractivity contribution in [3.63, 3.8) is 0 Å². The molecule has 0 saturated carbocycles. The molecule has 22 heavy (non-hydrogen) atoms. The van der Waals surface area contributed by atoms with E-state index in [2.05, 4.69) is 30.7 Å². The summed E-state index contributed by atoms with van der Waals surface area (Å²) in [7, 11) is 0. The fourth-order valence-electron chi connectivity index (χ4n) is 3.01. The molecule has 2 heterocycles. The highest BCUT2D eigenvalue weighted by Crippen LogP contribution is 2.33. The van der Waals surface area contributed by atoms with E-state index in [9.17, 15) is 4.39 Å². The van der Waals surface area contributed by atoms with Gasteiger partial charge in [-0.25, -0.2) is 9.37 Å². The topological polar surface area (TPSA) is 29.3 Å². The summed E-state index contributed by atoms with van der Waals surface area (Å²) in [5, 5.41) is 0. The zero-order valence-electron chi connectivity index (χ0n) is 13.5. The van der Waals surface area contributed by atoms with Crippen LogP contribution in [-0.2, 0) is 12.0 Å². The molecule has 3 rings (SSSR count). The second kappa shape index (κ2) is 5.84. The first kappa shape index (κ1) is 15.2. The van der Waals surface area contributed by atoms with Gasteiger partial charge in [0, 0.05) is 11.5 Å². The van der Waals surface area contributed by atoms with Crippen LogP contribution in [-0.4, -0.2) is 16.4 Å². The smallest absolute Gasteiger partial charge is 0.208 e. The molecule has 0 aliphatic carbocycles. The Bertz CT molecular complexity index is 645. The Hall–Kier alpha value is -1.68. The Balaban J connectivity index is 1.75. The van der Waals surface area contributed by atoms with Gasteiger partial charge in [0.1, 0.15) is 11.6 Å². The van der Waals surface area contributed by atoms with Gasteiger partial charge in [0.2, 0.25) is 5.89 Å². The van der Waals surface area contributed by atoms with Crippen molar-refractivity contribution in [2.45, 2.75) is 51.6 Å². The molecule has 1 atom stereocenters. The minimum Gasteiger partial charge on any atom is -0.444 e. The molecule has 0 radical (unpaired) electrons. The van der Waals surface area contributed by atoms with E-state index >= 15 is 0 Å². The molecule has 1 unspecified atom stereocenters. The fourth-order valence-corrected chi connectivity index (χ4v) is 3.01. The van der Waals surface area contributed by atoms with Gasteiger partial charge in [-0.2, -0.15) is 0 Å². The number of aromatic nitrogens is 1. The number of halogens is 1. The predicted molar refractivity (Wildman–Crippen MR) is 84.0 cm³/mol. The molecule has 1 aromatic heterocycles. The van der Waals surface area contributed by atoms with Crippen LogP contribution in [0.25, 0.3) is 0 Å². The highest BCUT2D eigenvalue weighted by molar-refractivity contribution is 5.21. The Morgan fingerprint density at radius 1 is 1.36 bits per heavy atom. The number of rotatable bonds is 3. The first-order chi connectivity index (χ1) is 10.4. The van der Waals surface area contributed by atoms with Crippen LogP contribution in [0.15, 0.2) is 34.9 Å². The van der Waals surface area contributed by atoms with Gasteiger partial charge in [-0.1, -0.05) is 32.9 Å². The quantitative estimate of drug-likeness (QED) is 0.839. The zero-order chi connectivity index (χ0) is 15.7. The Kier molecular flexibility index (Phi) is 4.04. The van der Waals surface area contributed by atoms with E-state index in [4.69, 9.17) is 4.42 Å². The number of hydrogen-bond acceptors (Lipinski definition) is 3. The standard InChI is InChI=1S/C18H23FN2O/c1-18(2,3)16-11-20-17(22-16)12-21-9-5-8-15(21)13-6-4-7-14(19)10-13/h4,6-7,10-11,15H,5,8-9,12H2,1-3H3. The molecule has 3 nitrogen and oxygen atoms in total. The molecule has 4 heteroatoms. The minimum atomic E-state index is -0.171. The van der Waals surface area contributed by atoms with Crippen LogP contribution in [0.2, 0.25) is 0 Å². The molecule has 118 valence electrons. The molecule has 1 aromatic carbocycles. The van der Waals surface area contributed by atoms with Crippen LogP contribution >= 0.6 is 0 Å². The van der Waals surface area contributed by atoms with Gasteiger partial charge < -0.3 is 4.42 Å². The number of nitrogens with zero attached hydrogens (tertiary/aromatic N) is 2. The minimum absolute atomic E-state index is 0.0295. The van der Waals surface area contributed by atoms with Crippen LogP contribution in [0.4, 0.5) is 4.39 Å². The van der Waals surface area contributed by atoms with Gasteiger partial charge in [-0.3, -0.25) is 4.90 Å². The van der Waals surface area contributed by atoms with Crippen molar-refractivity contribution in [3.8, 4) is 0 Å². The molecule has 2 aromatic rings. The van der Waals surface area contributed by atoms with Gasteiger partial charge in [-0.15, -0.1) is 0 Å². The summed E-state index contributed by atoms with van der Waals surface area (Å²) in [4.78, 5) is 6.74. The number of hydrogen-bond donors (Lipinski definition) is 0. The zero-order valence-corrected chi connectivity index (χ0v) is 13.5. The van der Waals surface area contributed by atoms with Gasteiger partial charge >= 0.3 is 0 Å². The van der Waals surface area contributed by atoms with E-state index in [-0.39, 0.29) is 17.3 Å². The van der Waals surface area contributed by atoms with E-state index < -0.39 is 0 Å². The average molecular weight is 302 g/mol. The van der Waals surface area contributed by atoms with E-state index in [1.54, 1.807) is 12.1 Å². The summed E-state index contributed by atoms with van der Waals surface area (Å²) in [6.45, 7) is 8.01. The van der Waals surface area contributed by atoms with Crippen molar-refractivity contribution in [1.82, 2.24) is 9.88 Å². The molecule has 0 amide bonds. The molecule has 1 aliphatic rings. The van der Waals surface area contributed by atoms with Crippen LogP contribution < -0.4 is 0 Å². The number of likely N-dealkylation sites (tertiary alicyclic amines) is 1. The predicted octanol–water partition coefficient (Wildman–Crippen LogP) is 4.45. The lowest BCUT2D eigenvalue weighted by atomic mass is 9.94. The summed E-state index contributed by atoms with van der Waals surface area (Å²) in [6, 6.07) is 7.17. The van der Waals surface area contributed by atoms with Gasteiger partial charge in [0.15, 0.2) is 0 Å². The largest absolute Gasteiger partial charge is 0.444 e. The summed E-state index contributed by atoms with van der Waals surface area (Å²) < 4.78 is 19.4. The maximum absolute atomic E-state index is 13.5. The summed E-state index contributed by atoms with van der Waals surface area (Å²) >= 11 is 0. The van der Waals surface area contributed by atoms with Crippen molar-refractivity contribution in [2.75, 3.05) is 6.54 Å². The third-order valence-electron chi connectivity index (χ3n) is 4.23. The first-order valence-electron chi connectivity index (χ1n) is 7.88. The molecule has 0 bridgehead atoms. The number of oxazole rings is 1. The Labute approximate surface area is 131 Å². The van der Waals surface area contributed by atoms with Crippen LogP contribution in [0.3, 0.4) is 0 Å².